The van der Waals surface area contributed by atoms with Crippen molar-refractivity contribution in [1.29, 1.82) is 0 Å². The van der Waals surface area contributed by atoms with Crippen molar-refractivity contribution in [2.45, 2.75) is 50.4 Å². The third-order valence-corrected chi connectivity index (χ3v) is 4.41. The number of aliphatic hydroxyl groups excluding tert-OH is 1. The Balaban J connectivity index is 2.61. The second kappa shape index (κ2) is 13.0. The molecule has 0 spiro atoms. The first-order chi connectivity index (χ1) is 15.0. The van der Waals surface area contributed by atoms with Gasteiger partial charge in [-0.2, -0.15) is 0 Å². The molecule has 0 bridgehead atoms. The summed E-state index contributed by atoms with van der Waals surface area (Å²) in [5.74, 6) is -4.92. The lowest BCUT2D eigenvalue weighted by molar-refractivity contribution is -0.142. The van der Waals surface area contributed by atoms with E-state index in [-0.39, 0.29) is 19.3 Å². The van der Waals surface area contributed by atoms with E-state index < -0.39 is 60.4 Å². The summed E-state index contributed by atoms with van der Waals surface area (Å²) in [4.78, 5) is 58.5. The van der Waals surface area contributed by atoms with E-state index >= 15 is 0 Å². The van der Waals surface area contributed by atoms with Crippen LogP contribution in [0.5, 0.6) is 0 Å². The lowest BCUT2D eigenvalue weighted by Gasteiger charge is -2.22. The molecule has 12 nitrogen and oxygen atoms in total. The zero-order valence-electron chi connectivity index (χ0n) is 17.5. The summed E-state index contributed by atoms with van der Waals surface area (Å²) in [6.45, 7) is 0.634. The molecule has 1 aromatic carbocycles. The van der Waals surface area contributed by atoms with Gasteiger partial charge in [0.2, 0.25) is 17.7 Å². The summed E-state index contributed by atoms with van der Waals surface area (Å²) in [5.41, 5.74) is 6.27. The molecule has 0 heterocycles. The Morgan fingerprint density at radius 1 is 1.00 bits per heavy atom. The molecule has 1 aromatic rings. The van der Waals surface area contributed by atoms with E-state index in [1.165, 1.54) is 6.92 Å². The maximum absolute atomic E-state index is 12.3. The Labute approximate surface area is 184 Å². The van der Waals surface area contributed by atoms with Gasteiger partial charge in [0.1, 0.15) is 12.1 Å². The molecular weight excluding hydrogens is 424 g/mol. The topological polar surface area (TPSA) is 208 Å². The highest BCUT2D eigenvalue weighted by atomic mass is 16.4. The summed E-state index contributed by atoms with van der Waals surface area (Å²) in [6.07, 6.45) is -1.83. The number of carboxylic acids is 2. The van der Waals surface area contributed by atoms with Crippen molar-refractivity contribution in [3.8, 4) is 0 Å². The van der Waals surface area contributed by atoms with Gasteiger partial charge in [-0.05, 0) is 18.9 Å². The summed E-state index contributed by atoms with van der Waals surface area (Å²) in [5, 5.41) is 34.5. The van der Waals surface area contributed by atoms with E-state index in [0.717, 1.165) is 0 Å². The van der Waals surface area contributed by atoms with Gasteiger partial charge in [-0.3, -0.25) is 19.2 Å². The fraction of sp³-hybridized carbons (Fsp3) is 0.450. The number of amides is 3. The van der Waals surface area contributed by atoms with Crippen LogP contribution in [0.4, 0.5) is 0 Å². The fourth-order valence-electron chi connectivity index (χ4n) is 2.65. The molecule has 4 unspecified atom stereocenters. The SMILES string of the molecule is CC(O)C(NC(=O)C(N)CCC(=O)O)C(=O)NCC(=O)NC(Cc1ccccc1)C(=O)O. The molecule has 0 aliphatic heterocycles. The van der Waals surface area contributed by atoms with Crippen LogP contribution in [0.15, 0.2) is 30.3 Å². The van der Waals surface area contributed by atoms with Gasteiger partial charge >= 0.3 is 11.9 Å². The van der Waals surface area contributed by atoms with Crippen molar-refractivity contribution < 1.29 is 39.3 Å². The number of hydrogen-bond donors (Lipinski definition) is 7. The second-order valence-corrected chi connectivity index (χ2v) is 7.13. The minimum atomic E-state index is -1.45. The molecule has 3 amide bonds. The van der Waals surface area contributed by atoms with Crippen LogP contribution >= 0.6 is 0 Å². The molecule has 32 heavy (non-hydrogen) atoms. The molecular formula is C20H28N4O8. The predicted molar refractivity (Wildman–Crippen MR) is 111 cm³/mol. The van der Waals surface area contributed by atoms with Gasteiger partial charge in [0.25, 0.3) is 0 Å². The zero-order chi connectivity index (χ0) is 24.3. The van der Waals surface area contributed by atoms with Crippen LogP contribution in [0.3, 0.4) is 0 Å². The van der Waals surface area contributed by atoms with Gasteiger partial charge < -0.3 is 37.0 Å². The molecule has 1 rings (SSSR count). The van der Waals surface area contributed by atoms with Gasteiger partial charge in [-0.1, -0.05) is 30.3 Å². The molecule has 0 saturated carbocycles. The number of hydrogen-bond acceptors (Lipinski definition) is 7. The number of nitrogens with one attached hydrogen (secondary N) is 3. The lowest BCUT2D eigenvalue weighted by atomic mass is 10.1. The number of carboxylic acid groups (broad SMARTS) is 2. The van der Waals surface area contributed by atoms with Crippen LogP contribution in [0, 0.1) is 0 Å². The molecule has 176 valence electrons. The largest absolute Gasteiger partial charge is 0.481 e. The minimum Gasteiger partial charge on any atom is -0.481 e. The fourth-order valence-corrected chi connectivity index (χ4v) is 2.65. The molecule has 12 heteroatoms. The highest BCUT2D eigenvalue weighted by molar-refractivity contribution is 5.93. The first-order valence-corrected chi connectivity index (χ1v) is 9.80. The normalized spacial score (nSPS) is 14.3. The third kappa shape index (κ3) is 9.53. The van der Waals surface area contributed by atoms with E-state index in [2.05, 4.69) is 16.0 Å². The van der Waals surface area contributed by atoms with Crippen molar-refractivity contribution in [3.63, 3.8) is 0 Å². The molecule has 4 atom stereocenters. The van der Waals surface area contributed by atoms with Gasteiger partial charge in [-0.15, -0.1) is 0 Å². The van der Waals surface area contributed by atoms with Crippen LogP contribution < -0.4 is 21.7 Å². The van der Waals surface area contributed by atoms with Crippen molar-refractivity contribution in [3.05, 3.63) is 35.9 Å². The molecule has 0 radical (unpaired) electrons. The first kappa shape index (κ1) is 26.5. The maximum Gasteiger partial charge on any atom is 0.326 e. The minimum absolute atomic E-state index is 0.0381. The molecule has 0 fully saturated rings. The number of aliphatic hydroxyl groups is 1. The number of carbonyl (C=O) groups is 5. The average molecular weight is 452 g/mol. The van der Waals surface area contributed by atoms with Crippen LogP contribution in [0.25, 0.3) is 0 Å². The molecule has 0 aromatic heterocycles. The summed E-state index contributed by atoms with van der Waals surface area (Å²) in [6, 6.07) is 4.76. The number of carbonyl (C=O) groups excluding carboxylic acids is 3. The lowest BCUT2D eigenvalue weighted by Crippen LogP contribution is -2.57. The Kier molecular flexibility index (Phi) is 10.8. The Morgan fingerprint density at radius 2 is 1.62 bits per heavy atom. The third-order valence-electron chi connectivity index (χ3n) is 4.41. The van der Waals surface area contributed by atoms with E-state index in [4.69, 9.17) is 10.8 Å². The van der Waals surface area contributed by atoms with Crippen molar-refractivity contribution in [1.82, 2.24) is 16.0 Å². The standard InChI is InChI=1S/C20H28N4O8/c1-11(25)17(24-18(29)13(21)7-8-16(27)28)19(30)22-10-15(26)23-14(20(31)32)9-12-5-3-2-4-6-12/h2-6,11,13-14,17,25H,7-10,21H2,1H3,(H,22,30)(H,23,26)(H,24,29)(H,27,28)(H,31,32). The van der Waals surface area contributed by atoms with E-state index in [1.54, 1.807) is 30.3 Å². The first-order valence-electron chi connectivity index (χ1n) is 9.80. The van der Waals surface area contributed by atoms with Gasteiger partial charge in [0.15, 0.2) is 0 Å². The van der Waals surface area contributed by atoms with Crippen LogP contribution in [0.2, 0.25) is 0 Å². The maximum atomic E-state index is 12.3. The zero-order valence-corrected chi connectivity index (χ0v) is 17.5. The summed E-state index contributed by atoms with van der Waals surface area (Å²) < 4.78 is 0. The Hall–Kier alpha value is -3.51. The molecule has 0 saturated heterocycles. The molecule has 0 aliphatic carbocycles. The highest BCUT2D eigenvalue weighted by Crippen LogP contribution is 2.04. The quantitative estimate of drug-likeness (QED) is 0.176. The van der Waals surface area contributed by atoms with Crippen molar-refractivity contribution >= 4 is 29.7 Å². The number of nitrogens with two attached hydrogens (primary N) is 1. The monoisotopic (exact) mass is 452 g/mol. The number of benzene rings is 1. The smallest absolute Gasteiger partial charge is 0.326 e. The predicted octanol–water partition coefficient (Wildman–Crippen LogP) is -2.03. The molecule has 0 aliphatic rings. The highest BCUT2D eigenvalue weighted by Gasteiger charge is 2.28. The number of rotatable bonds is 13. The summed E-state index contributed by atoms with van der Waals surface area (Å²) in [7, 11) is 0. The van der Waals surface area contributed by atoms with Gasteiger partial charge in [0.05, 0.1) is 18.7 Å². The van der Waals surface area contributed by atoms with Crippen molar-refractivity contribution in [2.75, 3.05) is 6.54 Å². The van der Waals surface area contributed by atoms with E-state index in [1.807, 2.05) is 0 Å². The summed E-state index contributed by atoms with van der Waals surface area (Å²) >= 11 is 0. The van der Waals surface area contributed by atoms with E-state index in [0.29, 0.717) is 5.56 Å². The van der Waals surface area contributed by atoms with E-state index in [9.17, 15) is 34.2 Å². The number of aliphatic carboxylic acids is 2. The average Bonchev–Trinajstić information content (AvgIpc) is 2.73. The molecule has 8 N–H and O–H groups in total. The Bertz CT molecular complexity index is 815. The van der Waals surface area contributed by atoms with Crippen LogP contribution in [-0.4, -0.2) is 75.8 Å². The van der Waals surface area contributed by atoms with Crippen LogP contribution in [0.1, 0.15) is 25.3 Å². The second-order valence-electron chi connectivity index (χ2n) is 7.13. The Morgan fingerprint density at radius 3 is 2.16 bits per heavy atom. The van der Waals surface area contributed by atoms with Gasteiger partial charge in [0, 0.05) is 12.8 Å². The van der Waals surface area contributed by atoms with Gasteiger partial charge in [-0.25, -0.2) is 4.79 Å². The van der Waals surface area contributed by atoms with Crippen LogP contribution in [-0.2, 0) is 30.4 Å². The van der Waals surface area contributed by atoms with Crippen molar-refractivity contribution in [2.24, 2.45) is 5.73 Å².